The second kappa shape index (κ2) is 12.1. The van der Waals surface area contributed by atoms with Crippen LogP contribution in [-0.2, 0) is 19.0 Å². The van der Waals surface area contributed by atoms with E-state index in [1.54, 1.807) is 54.6 Å². The van der Waals surface area contributed by atoms with Crippen LogP contribution in [0.2, 0.25) is 0 Å². The molecule has 0 saturated heterocycles. The number of para-hydroxylation sites is 2. The lowest BCUT2D eigenvalue weighted by Crippen LogP contribution is -2.34. The molecule has 0 spiro atoms. The number of esters is 1. The molecular formula is C25H25NO9S. The zero-order valence-electron chi connectivity index (χ0n) is 19.6. The third-order valence-corrected chi connectivity index (χ3v) is 5.46. The van der Waals surface area contributed by atoms with E-state index in [0.717, 1.165) is 6.26 Å². The fourth-order valence-corrected chi connectivity index (χ4v) is 3.92. The maximum Gasteiger partial charge on any atom is 0.338 e. The van der Waals surface area contributed by atoms with Crippen LogP contribution in [-0.4, -0.2) is 44.9 Å². The molecule has 0 aliphatic heterocycles. The molecule has 3 rings (SSSR count). The molecule has 0 N–H and O–H groups in total. The van der Waals surface area contributed by atoms with Crippen molar-refractivity contribution in [3.63, 3.8) is 0 Å². The van der Waals surface area contributed by atoms with E-state index in [-0.39, 0.29) is 11.3 Å². The Labute approximate surface area is 208 Å². The Morgan fingerprint density at radius 1 is 0.944 bits per heavy atom. The minimum Gasteiger partial charge on any atom is -0.490 e. The summed E-state index contributed by atoms with van der Waals surface area (Å²) in [5.74, 6) is -0.0209. The van der Waals surface area contributed by atoms with Crippen molar-refractivity contribution >= 4 is 21.8 Å². The van der Waals surface area contributed by atoms with Gasteiger partial charge >= 0.3 is 5.97 Å². The van der Waals surface area contributed by atoms with Crippen molar-refractivity contribution < 1.29 is 36.5 Å². The topological polar surface area (TPSA) is 131 Å². The Bertz CT molecular complexity index is 1280. The molecule has 10 nitrogen and oxygen atoms in total. The Morgan fingerprint density at radius 2 is 1.56 bits per heavy atom. The first kappa shape index (κ1) is 26.6. The van der Waals surface area contributed by atoms with E-state index < -0.39 is 39.8 Å². The number of hydrogen-bond acceptors (Lipinski definition) is 9. The van der Waals surface area contributed by atoms with E-state index >= 15 is 0 Å². The van der Waals surface area contributed by atoms with Crippen molar-refractivity contribution in [1.29, 1.82) is 0 Å². The largest absolute Gasteiger partial charge is 0.490 e. The molecule has 3 aromatic carbocycles. The molecule has 0 aromatic heterocycles. The molecule has 0 bridgehead atoms. The SMILES string of the molecule is CCOc1ccccc1OC(c1ccccc1)C(COC(=O)c1ccc([N+](=O)[O-])cc1)OS(C)(=O)=O. The lowest BCUT2D eigenvalue weighted by atomic mass is 10.0. The molecule has 190 valence electrons. The van der Waals surface area contributed by atoms with E-state index in [1.165, 1.54) is 24.3 Å². The standard InChI is InChI=1S/C25H25NO9S/c1-3-32-21-11-7-8-12-22(21)34-24(18-9-5-4-6-10-18)23(35-36(2,30)31)17-33-25(27)19-13-15-20(16-14-19)26(28)29/h4-16,23-24H,3,17H2,1-2H3. The molecule has 0 amide bonds. The van der Waals surface area contributed by atoms with Gasteiger partial charge in [-0.25, -0.2) is 4.79 Å². The number of rotatable bonds is 12. The van der Waals surface area contributed by atoms with Gasteiger partial charge in [0.05, 0.1) is 23.3 Å². The van der Waals surface area contributed by atoms with Gasteiger partial charge < -0.3 is 14.2 Å². The van der Waals surface area contributed by atoms with Gasteiger partial charge in [-0.05, 0) is 36.8 Å². The van der Waals surface area contributed by atoms with Crippen molar-refractivity contribution in [2.75, 3.05) is 19.5 Å². The smallest absolute Gasteiger partial charge is 0.338 e. The zero-order valence-corrected chi connectivity index (χ0v) is 20.4. The van der Waals surface area contributed by atoms with Gasteiger partial charge in [0.2, 0.25) is 0 Å². The van der Waals surface area contributed by atoms with Crippen LogP contribution in [0.1, 0.15) is 28.9 Å². The van der Waals surface area contributed by atoms with E-state index in [9.17, 15) is 23.3 Å². The van der Waals surface area contributed by atoms with Gasteiger partial charge in [-0.1, -0.05) is 42.5 Å². The summed E-state index contributed by atoms with van der Waals surface area (Å²) in [6, 6.07) is 20.5. The van der Waals surface area contributed by atoms with Crippen LogP contribution < -0.4 is 9.47 Å². The number of carbonyl (C=O) groups excluding carboxylic acids is 1. The summed E-state index contributed by atoms with van der Waals surface area (Å²) in [5.41, 5.74) is 0.441. The normalized spacial score (nSPS) is 12.8. The van der Waals surface area contributed by atoms with Crippen LogP contribution in [0.5, 0.6) is 11.5 Å². The molecule has 36 heavy (non-hydrogen) atoms. The monoisotopic (exact) mass is 515 g/mol. The van der Waals surface area contributed by atoms with Crippen LogP contribution in [0.3, 0.4) is 0 Å². The molecule has 2 atom stereocenters. The van der Waals surface area contributed by atoms with Gasteiger partial charge in [0, 0.05) is 12.1 Å². The molecular weight excluding hydrogens is 490 g/mol. The Hall–Kier alpha value is -3.96. The highest BCUT2D eigenvalue weighted by molar-refractivity contribution is 7.86. The predicted molar refractivity (Wildman–Crippen MR) is 131 cm³/mol. The summed E-state index contributed by atoms with van der Waals surface area (Å²) >= 11 is 0. The molecule has 0 heterocycles. The van der Waals surface area contributed by atoms with Gasteiger partial charge in [-0.3, -0.25) is 14.3 Å². The minimum atomic E-state index is -3.99. The fraction of sp³-hybridized carbons (Fsp3) is 0.240. The number of ether oxygens (including phenoxy) is 3. The van der Waals surface area contributed by atoms with E-state index in [4.69, 9.17) is 18.4 Å². The summed E-state index contributed by atoms with van der Waals surface area (Å²) in [5, 5.41) is 10.8. The minimum absolute atomic E-state index is 0.0533. The highest BCUT2D eigenvalue weighted by Gasteiger charge is 2.32. The highest BCUT2D eigenvalue weighted by Crippen LogP contribution is 2.34. The molecule has 2 unspecified atom stereocenters. The second-order valence-corrected chi connectivity index (χ2v) is 9.17. The van der Waals surface area contributed by atoms with E-state index in [0.29, 0.717) is 23.7 Å². The maximum absolute atomic E-state index is 12.6. The number of non-ortho nitro benzene ring substituents is 1. The lowest BCUT2D eigenvalue weighted by molar-refractivity contribution is -0.384. The number of carbonyl (C=O) groups is 1. The molecule has 11 heteroatoms. The summed E-state index contributed by atoms with van der Waals surface area (Å²) in [6.45, 7) is 1.71. The molecule has 0 radical (unpaired) electrons. The number of benzene rings is 3. The number of nitrogens with zero attached hydrogens (tertiary/aromatic N) is 1. The Kier molecular flexibility index (Phi) is 8.98. The third kappa shape index (κ3) is 7.52. The average Bonchev–Trinajstić information content (AvgIpc) is 2.86. The van der Waals surface area contributed by atoms with Gasteiger partial charge in [0.15, 0.2) is 23.7 Å². The van der Waals surface area contributed by atoms with Crippen LogP contribution in [0, 0.1) is 10.1 Å². The van der Waals surface area contributed by atoms with Crippen LogP contribution in [0.4, 0.5) is 5.69 Å². The van der Waals surface area contributed by atoms with Crippen LogP contribution in [0.15, 0.2) is 78.9 Å². The van der Waals surface area contributed by atoms with Gasteiger partial charge in [0.25, 0.3) is 15.8 Å². The van der Waals surface area contributed by atoms with Crippen molar-refractivity contribution in [2.45, 2.75) is 19.1 Å². The van der Waals surface area contributed by atoms with Gasteiger partial charge in [-0.2, -0.15) is 8.42 Å². The summed E-state index contributed by atoms with van der Waals surface area (Å²) in [4.78, 5) is 22.9. The Balaban J connectivity index is 1.90. The molecule has 0 saturated carbocycles. The lowest BCUT2D eigenvalue weighted by Gasteiger charge is -2.28. The van der Waals surface area contributed by atoms with Crippen molar-refractivity contribution in [2.24, 2.45) is 0 Å². The summed E-state index contributed by atoms with van der Waals surface area (Å²) in [7, 11) is -3.99. The van der Waals surface area contributed by atoms with Crippen molar-refractivity contribution in [3.05, 3.63) is 100 Å². The van der Waals surface area contributed by atoms with Gasteiger partial charge in [-0.15, -0.1) is 0 Å². The first-order valence-electron chi connectivity index (χ1n) is 10.9. The van der Waals surface area contributed by atoms with Crippen molar-refractivity contribution in [1.82, 2.24) is 0 Å². The number of nitro benzene ring substituents is 1. The molecule has 3 aromatic rings. The Morgan fingerprint density at radius 3 is 2.14 bits per heavy atom. The zero-order chi connectivity index (χ0) is 26.1. The highest BCUT2D eigenvalue weighted by atomic mass is 32.2. The number of nitro groups is 1. The van der Waals surface area contributed by atoms with Crippen LogP contribution >= 0.6 is 0 Å². The molecule has 0 aliphatic carbocycles. The molecule has 0 aliphatic rings. The molecule has 0 fully saturated rings. The first-order chi connectivity index (χ1) is 17.2. The maximum atomic E-state index is 12.6. The van der Waals surface area contributed by atoms with Crippen molar-refractivity contribution in [3.8, 4) is 11.5 Å². The van der Waals surface area contributed by atoms with E-state index in [2.05, 4.69) is 0 Å². The fourth-order valence-electron chi connectivity index (χ4n) is 3.31. The third-order valence-electron chi connectivity index (χ3n) is 4.86. The van der Waals surface area contributed by atoms with E-state index in [1.807, 2.05) is 6.92 Å². The number of hydrogen-bond donors (Lipinski definition) is 0. The summed E-state index contributed by atoms with van der Waals surface area (Å²) in [6.07, 6.45) is -1.39. The summed E-state index contributed by atoms with van der Waals surface area (Å²) < 4.78 is 46.7. The van der Waals surface area contributed by atoms with Crippen LogP contribution in [0.25, 0.3) is 0 Å². The predicted octanol–water partition coefficient (Wildman–Crippen LogP) is 4.32. The average molecular weight is 516 g/mol. The first-order valence-corrected chi connectivity index (χ1v) is 12.7. The quantitative estimate of drug-likeness (QED) is 0.150. The van der Waals surface area contributed by atoms with Gasteiger partial charge in [0.1, 0.15) is 6.61 Å². The second-order valence-electron chi connectivity index (χ2n) is 7.57.